The van der Waals surface area contributed by atoms with E-state index in [-0.39, 0.29) is 6.10 Å². The first-order chi connectivity index (χ1) is 7.90. The van der Waals surface area contributed by atoms with Crippen LogP contribution in [0.4, 0.5) is 0 Å². The highest BCUT2D eigenvalue weighted by molar-refractivity contribution is 5.73. The van der Waals surface area contributed by atoms with Crippen LogP contribution in [0.15, 0.2) is 18.2 Å². The molecule has 0 radical (unpaired) electrons. The zero-order chi connectivity index (χ0) is 13.0. The molecule has 17 heavy (non-hydrogen) atoms. The van der Waals surface area contributed by atoms with Crippen LogP contribution in [-0.2, 0) is 11.2 Å². The summed E-state index contributed by atoms with van der Waals surface area (Å²) in [7, 11) is 0. The van der Waals surface area contributed by atoms with Gasteiger partial charge in [-0.2, -0.15) is 0 Å². The molecule has 0 aliphatic heterocycles. The van der Waals surface area contributed by atoms with Gasteiger partial charge in [0, 0.05) is 0 Å². The van der Waals surface area contributed by atoms with Crippen molar-refractivity contribution in [1.29, 1.82) is 0 Å². The highest BCUT2D eigenvalue weighted by atomic mass is 16.5. The van der Waals surface area contributed by atoms with Crippen molar-refractivity contribution in [3.05, 3.63) is 29.3 Å². The van der Waals surface area contributed by atoms with Crippen LogP contribution in [0.25, 0.3) is 0 Å². The minimum absolute atomic E-state index is 0.126. The number of aliphatic carboxylic acids is 1. The summed E-state index contributed by atoms with van der Waals surface area (Å²) in [6.45, 7) is 5.87. The Bertz CT molecular complexity index is 402. The van der Waals surface area contributed by atoms with Crippen molar-refractivity contribution < 1.29 is 14.6 Å². The van der Waals surface area contributed by atoms with Gasteiger partial charge in [0.05, 0.1) is 6.10 Å². The molecule has 1 rings (SSSR count). The number of nitrogens with two attached hydrogens (primary N) is 1. The van der Waals surface area contributed by atoms with Crippen molar-refractivity contribution in [2.45, 2.75) is 39.3 Å². The molecule has 4 heteroatoms. The van der Waals surface area contributed by atoms with Crippen LogP contribution >= 0.6 is 0 Å². The molecule has 0 aliphatic carbocycles. The van der Waals surface area contributed by atoms with Crippen LogP contribution in [0.3, 0.4) is 0 Å². The summed E-state index contributed by atoms with van der Waals surface area (Å²) in [5.41, 5.74) is 7.39. The molecule has 0 aromatic heterocycles. The van der Waals surface area contributed by atoms with Gasteiger partial charge in [0.15, 0.2) is 0 Å². The normalized spacial score (nSPS) is 12.5. The van der Waals surface area contributed by atoms with Gasteiger partial charge in [0.1, 0.15) is 11.8 Å². The first-order valence-electron chi connectivity index (χ1n) is 5.64. The smallest absolute Gasteiger partial charge is 0.320 e. The zero-order valence-electron chi connectivity index (χ0n) is 10.4. The number of hydrogen-bond acceptors (Lipinski definition) is 3. The maximum absolute atomic E-state index is 10.7. The average molecular weight is 237 g/mol. The third kappa shape index (κ3) is 4.07. The first kappa shape index (κ1) is 13.5. The summed E-state index contributed by atoms with van der Waals surface area (Å²) in [5.74, 6) is -0.155. The van der Waals surface area contributed by atoms with Crippen molar-refractivity contribution in [2.24, 2.45) is 5.73 Å². The van der Waals surface area contributed by atoms with Gasteiger partial charge in [0.25, 0.3) is 0 Å². The van der Waals surface area contributed by atoms with Crippen LogP contribution in [0.1, 0.15) is 25.0 Å². The summed E-state index contributed by atoms with van der Waals surface area (Å²) in [6, 6.07) is 4.78. The molecule has 0 aliphatic rings. The molecule has 0 saturated carbocycles. The van der Waals surface area contributed by atoms with Crippen LogP contribution in [-0.4, -0.2) is 23.2 Å². The summed E-state index contributed by atoms with van der Waals surface area (Å²) in [4.78, 5) is 10.7. The van der Waals surface area contributed by atoms with Crippen molar-refractivity contribution >= 4 is 5.97 Å². The number of carboxylic acid groups (broad SMARTS) is 1. The summed E-state index contributed by atoms with van der Waals surface area (Å²) < 4.78 is 5.60. The number of benzene rings is 1. The minimum Gasteiger partial charge on any atom is -0.491 e. The predicted molar refractivity (Wildman–Crippen MR) is 66.3 cm³/mol. The van der Waals surface area contributed by atoms with Gasteiger partial charge in [-0.05, 0) is 44.4 Å². The number of aryl methyl sites for hydroxylation is 1. The highest BCUT2D eigenvalue weighted by Gasteiger charge is 2.13. The standard InChI is InChI=1S/C13H19NO3/c1-8(2)17-12-5-4-10(6-9(12)3)7-11(14)13(15)16/h4-6,8,11H,7,14H2,1-3H3,(H,15,16). The SMILES string of the molecule is Cc1cc(CC(N)C(=O)O)ccc1OC(C)C. The van der Waals surface area contributed by atoms with E-state index in [2.05, 4.69) is 0 Å². The molecule has 3 N–H and O–H groups in total. The topological polar surface area (TPSA) is 72.6 Å². The lowest BCUT2D eigenvalue weighted by atomic mass is 10.0. The van der Waals surface area contributed by atoms with Crippen LogP contribution < -0.4 is 10.5 Å². The van der Waals surface area contributed by atoms with E-state index in [4.69, 9.17) is 15.6 Å². The second kappa shape index (κ2) is 5.68. The number of ether oxygens (including phenoxy) is 1. The van der Waals surface area contributed by atoms with Gasteiger partial charge in [0.2, 0.25) is 0 Å². The molecule has 1 unspecified atom stereocenters. The second-order valence-electron chi connectivity index (χ2n) is 4.42. The zero-order valence-corrected chi connectivity index (χ0v) is 10.4. The maximum Gasteiger partial charge on any atom is 0.320 e. The summed E-state index contributed by atoms with van der Waals surface area (Å²) in [5, 5.41) is 8.74. The quantitative estimate of drug-likeness (QED) is 0.818. The molecule has 0 spiro atoms. The fourth-order valence-corrected chi connectivity index (χ4v) is 1.57. The first-order valence-corrected chi connectivity index (χ1v) is 5.64. The summed E-state index contributed by atoms with van der Waals surface area (Å²) in [6.07, 6.45) is 0.457. The Labute approximate surface area is 101 Å². The highest BCUT2D eigenvalue weighted by Crippen LogP contribution is 2.21. The predicted octanol–water partition coefficient (Wildman–Crippen LogP) is 1.74. The Morgan fingerprint density at radius 3 is 2.59 bits per heavy atom. The Morgan fingerprint density at radius 1 is 1.47 bits per heavy atom. The Kier molecular flexibility index (Phi) is 4.52. The molecule has 1 atom stereocenters. The van der Waals surface area contributed by atoms with E-state index in [1.54, 1.807) is 0 Å². The van der Waals surface area contributed by atoms with Gasteiger partial charge in [-0.25, -0.2) is 0 Å². The third-order valence-corrected chi connectivity index (χ3v) is 2.37. The fraction of sp³-hybridized carbons (Fsp3) is 0.462. The van der Waals surface area contributed by atoms with Gasteiger partial charge in [-0.3, -0.25) is 4.79 Å². The lowest BCUT2D eigenvalue weighted by Crippen LogP contribution is -2.32. The lowest BCUT2D eigenvalue weighted by molar-refractivity contribution is -0.138. The maximum atomic E-state index is 10.7. The van der Waals surface area contributed by atoms with Crippen LogP contribution in [0, 0.1) is 6.92 Å². The Balaban J connectivity index is 2.78. The number of rotatable bonds is 5. The molecule has 0 saturated heterocycles. The number of carboxylic acids is 1. The molecule has 4 nitrogen and oxygen atoms in total. The van der Waals surface area contributed by atoms with E-state index in [1.165, 1.54) is 0 Å². The molecule has 1 aromatic rings. The minimum atomic E-state index is -0.981. The van der Waals surface area contributed by atoms with E-state index in [0.29, 0.717) is 6.42 Å². The van der Waals surface area contributed by atoms with E-state index < -0.39 is 12.0 Å². The average Bonchev–Trinajstić information content (AvgIpc) is 2.21. The Hall–Kier alpha value is -1.55. The largest absolute Gasteiger partial charge is 0.491 e. The molecule has 1 aromatic carbocycles. The van der Waals surface area contributed by atoms with Crippen molar-refractivity contribution in [3.8, 4) is 5.75 Å². The monoisotopic (exact) mass is 237 g/mol. The summed E-state index contributed by atoms with van der Waals surface area (Å²) >= 11 is 0. The molecule has 0 heterocycles. The lowest BCUT2D eigenvalue weighted by Gasteiger charge is -2.14. The molecular weight excluding hydrogens is 218 g/mol. The van der Waals surface area contributed by atoms with E-state index in [9.17, 15) is 4.79 Å². The molecule has 0 fully saturated rings. The van der Waals surface area contributed by atoms with E-state index in [1.807, 2.05) is 39.0 Å². The molecule has 94 valence electrons. The van der Waals surface area contributed by atoms with E-state index >= 15 is 0 Å². The Morgan fingerprint density at radius 2 is 2.12 bits per heavy atom. The molecular formula is C13H19NO3. The fourth-order valence-electron chi connectivity index (χ4n) is 1.57. The van der Waals surface area contributed by atoms with Gasteiger partial charge in [-0.1, -0.05) is 12.1 Å². The van der Waals surface area contributed by atoms with Crippen molar-refractivity contribution in [1.82, 2.24) is 0 Å². The van der Waals surface area contributed by atoms with Crippen LogP contribution in [0.2, 0.25) is 0 Å². The number of hydrogen-bond donors (Lipinski definition) is 2. The van der Waals surface area contributed by atoms with Gasteiger partial charge in [-0.15, -0.1) is 0 Å². The number of carbonyl (C=O) groups is 1. The molecule has 0 bridgehead atoms. The van der Waals surface area contributed by atoms with Crippen LogP contribution in [0.5, 0.6) is 5.75 Å². The van der Waals surface area contributed by atoms with Gasteiger partial charge < -0.3 is 15.6 Å². The second-order valence-corrected chi connectivity index (χ2v) is 4.42. The third-order valence-electron chi connectivity index (χ3n) is 2.37. The van der Waals surface area contributed by atoms with Crippen molar-refractivity contribution in [3.63, 3.8) is 0 Å². The molecule has 0 amide bonds. The van der Waals surface area contributed by atoms with E-state index in [0.717, 1.165) is 16.9 Å². The van der Waals surface area contributed by atoms with Gasteiger partial charge >= 0.3 is 5.97 Å². The van der Waals surface area contributed by atoms with Crippen molar-refractivity contribution in [2.75, 3.05) is 0 Å².